The van der Waals surface area contributed by atoms with E-state index in [-0.39, 0.29) is 5.78 Å². The second kappa shape index (κ2) is 3.35. The molecule has 2 unspecified atom stereocenters. The molecular weight excluding hydrogens is 138 g/mol. The van der Waals surface area contributed by atoms with Crippen molar-refractivity contribution >= 4 is 5.78 Å². The molecule has 0 aromatic rings. The van der Waals surface area contributed by atoms with Crippen molar-refractivity contribution in [2.24, 2.45) is 5.92 Å². The van der Waals surface area contributed by atoms with Gasteiger partial charge in [-0.1, -0.05) is 6.92 Å². The summed E-state index contributed by atoms with van der Waals surface area (Å²) in [6.45, 7) is 7.85. The molecule has 64 valence electrons. The van der Waals surface area contributed by atoms with Crippen LogP contribution in [0.4, 0.5) is 0 Å². The number of carbonyl (C=O) groups excluding carboxylic acids is 1. The Bertz CT molecular complexity index is 156. The average molecular weight is 155 g/mol. The van der Waals surface area contributed by atoms with Gasteiger partial charge in [0, 0.05) is 12.6 Å². The van der Waals surface area contributed by atoms with Crippen LogP contribution in [0.3, 0.4) is 0 Å². The van der Waals surface area contributed by atoms with Gasteiger partial charge in [0.2, 0.25) is 0 Å². The monoisotopic (exact) mass is 155 g/mol. The molecular formula is C9H17NO. The lowest BCUT2D eigenvalue weighted by atomic mass is 10.1. The summed E-state index contributed by atoms with van der Waals surface area (Å²) in [5.74, 6) is 1.05. The molecule has 0 aromatic heterocycles. The first-order chi connectivity index (χ1) is 5.09. The summed E-state index contributed by atoms with van der Waals surface area (Å²) >= 11 is 0. The van der Waals surface area contributed by atoms with Gasteiger partial charge in [-0.2, -0.15) is 0 Å². The second-order valence-corrected chi connectivity index (χ2v) is 3.82. The molecule has 11 heavy (non-hydrogen) atoms. The fourth-order valence-electron chi connectivity index (χ4n) is 1.89. The number of rotatable bonds is 2. The maximum Gasteiger partial charge on any atom is 0.143 e. The van der Waals surface area contributed by atoms with Gasteiger partial charge in [-0.15, -0.1) is 0 Å². The molecule has 1 rings (SSSR count). The van der Waals surface area contributed by atoms with E-state index in [4.69, 9.17) is 0 Å². The number of nitrogens with zero attached hydrogens (tertiary/aromatic N) is 1. The minimum atomic E-state index is 0.283. The predicted octanol–water partition coefficient (Wildman–Crippen LogP) is 1.31. The number of ketones is 1. The fourth-order valence-corrected chi connectivity index (χ4v) is 1.89. The molecule has 0 aliphatic carbocycles. The Morgan fingerprint density at radius 1 is 1.55 bits per heavy atom. The minimum absolute atomic E-state index is 0.283. The van der Waals surface area contributed by atoms with E-state index in [1.807, 2.05) is 0 Å². The van der Waals surface area contributed by atoms with Gasteiger partial charge in [0.1, 0.15) is 5.78 Å². The lowest BCUT2D eigenvalue weighted by Gasteiger charge is -2.18. The van der Waals surface area contributed by atoms with Crippen molar-refractivity contribution in [1.29, 1.82) is 0 Å². The molecule has 0 aromatic carbocycles. The van der Waals surface area contributed by atoms with Gasteiger partial charge >= 0.3 is 0 Å². The Kier molecular flexibility index (Phi) is 2.66. The third-order valence-corrected chi connectivity index (χ3v) is 2.34. The van der Waals surface area contributed by atoms with E-state index in [0.29, 0.717) is 12.6 Å². The minimum Gasteiger partial charge on any atom is -0.299 e. The SMILES string of the molecule is CC(=O)CN1CC(C)CC1C. The molecule has 1 aliphatic rings. The van der Waals surface area contributed by atoms with Gasteiger partial charge in [0.15, 0.2) is 0 Å². The van der Waals surface area contributed by atoms with Crippen molar-refractivity contribution in [3.05, 3.63) is 0 Å². The van der Waals surface area contributed by atoms with E-state index in [1.54, 1.807) is 6.92 Å². The van der Waals surface area contributed by atoms with Crippen molar-refractivity contribution in [2.45, 2.75) is 33.2 Å². The Morgan fingerprint density at radius 2 is 2.18 bits per heavy atom. The zero-order chi connectivity index (χ0) is 8.43. The maximum atomic E-state index is 10.8. The quantitative estimate of drug-likeness (QED) is 0.599. The highest BCUT2D eigenvalue weighted by atomic mass is 16.1. The van der Waals surface area contributed by atoms with Crippen LogP contribution in [0, 0.1) is 5.92 Å². The molecule has 1 aliphatic heterocycles. The van der Waals surface area contributed by atoms with E-state index in [9.17, 15) is 4.79 Å². The Morgan fingerprint density at radius 3 is 2.55 bits per heavy atom. The molecule has 1 saturated heterocycles. The van der Waals surface area contributed by atoms with Crippen LogP contribution in [0.2, 0.25) is 0 Å². The Hall–Kier alpha value is -0.370. The number of carbonyl (C=O) groups is 1. The molecule has 2 nitrogen and oxygen atoms in total. The molecule has 2 heteroatoms. The summed E-state index contributed by atoms with van der Waals surface area (Å²) in [6, 6.07) is 0.605. The van der Waals surface area contributed by atoms with E-state index in [0.717, 1.165) is 12.5 Å². The summed E-state index contributed by atoms with van der Waals surface area (Å²) in [5.41, 5.74) is 0. The van der Waals surface area contributed by atoms with E-state index < -0.39 is 0 Å². The van der Waals surface area contributed by atoms with Crippen molar-refractivity contribution in [1.82, 2.24) is 4.90 Å². The molecule has 0 spiro atoms. The lowest BCUT2D eigenvalue weighted by molar-refractivity contribution is -0.118. The highest BCUT2D eigenvalue weighted by Gasteiger charge is 2.26. The fraction of sp³-hybridized carbons (Fsp3) is 0.889. The molecule has 0 radical (unpaired) electrons. The first-order valence-electron chi connectivity index (χ1n) is 4.33. The van der Waals surface area contributed by atoms with Crippen LogP contribution in [0.1, 0.15) is 27.2 Å². The smallest absolute Gasteiger partial charge is 0.143 e. The van der Waals surface area contributed by atoms with Crippen LogP contribution < -0.4 is 0 Å². The molecule has 0 saturated carbocycles. The zero-order valence-corrected chi connectivity index (χ0v) is 7.63. The molecule has 2 atom stereocenters. The van der Waals surface area contributed by atoms with Crippen LogP contribution >= 0.6 is 0 Å². The summed E-state index contributed by atoms with van der Waals surface area (Å²) in [5, 5.41) is 0. The number of Topliss-reactive ketones (excluding diaryl/α,β-unsaturated/α-hetero) is 1. The molecule has 0 N–H and O–H groups in total. The van der Waals surface area contributed by atoms with Gasteiger partial charge in [-0.25, -0.2) is 0 Å². The maximum absolute atomic E-state index is 10.8. The van der Waals surface area contributed by atoms with Crippen molar-refractivity contribution in [3.63, 3.8) is 0 Å². The van der Waals surface area contributed by atoms with Crippen molar-refractivity contribution in [3.8, 4) is 0 Å². The first kappa shape index (κ1) is 8.72. The topological polar surface area (TPSA) is 20.3 Å². The van der Waals surface area contributed by atoms with Gasteiger partial charge in [0.05, 0.1) is 6.54 Å². The van der Waals surface area contributed by atoms with Gasteiger partial charge < -0.3 is 0 Å². The second-order valence-electron chi connectivity index (χ2n) is 3.82. The standard InChI is InChI=1S/C9H17NO/c1-7-4-8(2)10(5-7)6-9(3)11/h7-8H,4-6H2,1-3H3. The lowest BCUT2D eigenvalue weighted by Crippen LogP contribution is -2.31. The van der Waals surface area contributed by atoms with Crippen LogP contribution in [-0.2, 0) is 4.79 Å². The predicted molar refractivity (Wildman–Crippen MR) is 45.5 cm³/mol. The number of hydrogen-bond acceptors (Lipinski definition) is 2. The van der Waals surface area contributed by atoms with Gasteiger partial charge in [0.25, 0.3) is 0 Å². The highest BCUT2D eigenvalue weighted by Crippen LogP contribution is 2.21. The first-order valence-corrected chi connectivity index (χ1v) is 4.33. The molecule has 1 fully saturated rings. The molecule has 1 heterocycles. The number of hydrogen-bond donors (Lipinski definition) is 0. The Labute approximate surface area is 68.6 Å². The molecule has 0 amide bonds. The third kappa shape index (κ3) is 2.29. The summed E-state index contributed by atoms with van der Waals surface area (Å²) < 4.78 is 0. The van der Waals surface area contributed by atoms with Crippen molar-refractivity contribution in [2.75, 3.05) is 13.1 Å². The van der Waals surface area contributed by atoms with Crippen LogP contribution in [0.25, 0.3) is 0 Å². The third-order valence-electron chi connectivity index (χ3n) is 2.34. The highest BCUT2D eigenvalue weighted by molar-refractivity contribution is 5.77. The van der Waals surface area contributed by atoms with Crippen LogP contribution in [-0.4, -0.2) is 29.8 Å². The number of likely N-dealkylation sites (tertiary alicyclic amines) is 1. The van der Waals surface area contributed by atoms with E-state index in [1.165, 1.54) is 6.42 Å². The van der Waals surface area contributed by atoms with E-state index in [2.05, 4.69) is 18.7 Å². The summed E-state index contributed by atoms with van der Waals surface area (Å²) in [7, 11) is 0. The van der Waals surface area contributed by atoms with Gasteiger partial charge in [-0.05, 0) is 26.2 Å². The largest absolute Gasteiger partial charge is 0.299 e. The summed E-state index contributed by atoms with van der Waals surface area (Å²) in [4.78, 5) is 13.1. The summed E-state index contributed by atoms with van der Waals surface area (Å²) in [6.07, 6.45) is 1.24. The van der Waals surface area contributed by atoms with Crippen LogP contribution in [0.5, 0.6) is 0 Å². The van der Waals surface area contributed by atoms with E-state index >= 15 is 0 Å². The van der Waals surface area contributed by atoms with Crippen molar-refractivity contribution < 1.29 is 4.79 Å². The Balaban J connectivity index is 2.40. The average Bonchev–Trinajstić information content (AvgIpc) is 2.09. The van der Waals surface area contributed by atoms with Crippen LogP contribution in [0.15, 0.2) is 0 Å². The van der Waals surface area contributed by atoms with Gasteiger partial charge in [-0.3, -0.25) is 9.69 Å². The molecule has 0 bridgehead atoms. The zero-order valence-electron chi connectivity index (χ0n) is 7.63. The normalized spacial score (nSPS) is 32.6.